The third-order valence-corrected chi connectivity index (χ3v) is 5.39. The van der Waals surface area contributed by atoms with Gasteiger partial charge in [-0.3, -0.25) is 9.59 Å². The monoisotopic (exact) mass is 336 g/mol. The Morgan fingerprint density at radius 3 is 2.68 bits per heavy atom. The van der Waals surface area contributed by atoms with Gasteiger partial charge in [0.1, 0.15) is 0 Å². The molecule has 2 aromatic rings. The van der Waals surface area contributed by atoms with Crippen LogP contribution in [0.15, 0.2) is 42.5 Å². The second-order valence-corrected chi connectivity index (χ2v) is 7.22. The summed E-state index contributed by atoms with van der Waals surface area (Å²) in [6.45, 7) is 0.939. The van der Waals surface area contributed by atoms with Crippen molar-refractivity contribution in [2.75, 3.05) is 13.1 Å². The Labute approximate surface area is 148 Å². The minimum absolute atomic E-state index is 0.0400. The molecule has 4 nitrogen and oxygen atoms in total. The molecule has 2 amide bonds. The minimum atomic E-state index is 0.0400. The molecule has 2 aromatic carbocycles. The summed E-state index contributed by atoms with van der Waals surface area (Å²) in [5.41, 5.74) is 1.30. The maximum Gasteiger partial charge on any atom is 0.242 e. The van der Waals surface area contributed by atoms with E-state index >= 15 is 0 Å². The van der Waals surface area contributed by atoms with Crippen molar-refractivity contribution in [1.82, 2.24) is 10.2 Å². The molecule has 0 bridgehead atoms. The highest BCUT2D eigenvalue weighted by Gasteiger charge is 2.32. The van der Waals surface area contributed by atoms with Gasteiger partial charge < -0.3 is 10.2 Å². The average molecular weight is 336 g/mol. The first-order valence-electron chi connectivity index (χ1n) is 9.26. The molecule has 0 spiro atoms. The van der Waals surface area contributed by atoms with Crippen LogP contribution in [-0.2, 0) is 16.0 Å². The van der Waals surface area contributed by atoms with Gasteiger partial charge in [0.05, 0.1) is 6.54 Å². The highest BCUT2D eigenvalue weighted by atomic mass is 16.2. The molecule has 1 N–H and O–H groups in total. The lowest BCUT2D eigenvalue weighted by molar-refractivity contribution is -0.133. The lowest BCUT2D eigenvalue weighted by Crippen LogP contribution is -2.43. The van der Waals surface area contributed by atoms with Gasteiger partial charge in [0.25, 0.3) is 0 Å². The number of carbonyl (C=O) groups excluding carboxylic acids is 2. The number of carbonyl (C=O) groups is 2. The quantitative estimate of drug-likeness (QED) is 0.913. The summed E-state index contributed by atoms with van der Waals surface area (Å²) < 4.78 is 0. The third-order valence-electron chi connectivity index (χ3n) is 5.39. The molecule has 0 aromatic heterocycles. The number of benzene rings is 2. The fourth-order valence-corrected chi connectivity index (χ4v) is 3.85. The predicted octanol–water partition coefficient (Wildman–Crippen LogP) is 2.90. The topological polar surface area (TPSA) is 49.4 Å². The molecular weight excluding hydrogens is 312 g/mol. The number of amides is 2. The van der Waals surface area contributed by atoms with Crippen LogP contribution >= 0.6 is 0 Å². The van der Waals surface area contributed by atoms with E-state index in [4.69, 9.17) is 0 Å². The largest absolute Gasteiger partial charge is 0.347 e. The third kappa shape index (κ3) is 3.53. The Bertz CT molecular complexity index is 792. The van der Waals surface area contributed by atoms with Crippen molar-refractivity contribution in [3.05, 3.63) is 48.0 Å². The van der Waals surface area contributed by atoms with Gasteiger partial charge in [-0.05, 0) is 48.4 Å². The first-order valence-corrected chi connectivity index (χ1v) is 9.26. The predicted molar refractivity (Wildman–Crippen MR) is 98.1 cm³/mol. The standard InChI is InChI=1S/C21H24N2O2/c24-20(14-22-21(25)16-10-11-16)23-12-4-8-18(23)13-17-7-3-6-15-5-1-2-9-19(15)17/h1-3,5-7,9,16,18H,4,8,10-14H2,(H,22,25)/t18-/m1/s1. The van der Waals surface area contributed by atoms with Gasteiger partial charge in [-0.2, -0.15) is 0 Å². The summed E-state index contributed by atoms with van der Waals surface area (Å²) in [6.07, 6.45) is 4.88. The zero-order chi connectivity index (χ0) is 17.2. The molecule has 0 radical (unpaired) electrons. The van der Waals surface area contributed by atoms with E-state index in [2.05, 4.69) is 47.8 Å². The molecular formula is C21H24N2O2. The van der Waals surface area contributed by atoms with Crippen LogP contribution in [0.2, 0.25) is 0 Å². The van der Waals surface area contributed by atoms with Gasteiger partial charge in [-0.15, -0.1) is 0 Å². The van der Waals surface area contributed by atoms with Crippen molar-refractivity contribution in [3.8, 4) is 0 Å². The molecule has 1 aliphatic heterocycles. The van der Waals surface area contributed by atoms with Crippen LogP contribution in [0.1, 0.15) is 31.2 Å². The maximum atomic E-state index is 12.6. The van der Waals surface area contributed by atoms with E-state index in [9.17, 15) is 9.59 Å². The second-order valence-electron chi connectivity index (χ2n) is 7.22. The molecule has 1 atom stereocenters. The maximum absolute atomic E-state index is 12.6. The van der Waals surface area contributed by atoms with Crippen LogP contribution in [-0.4, -0.2) is 35.8 Å². The Kier molecular flexibility index (Phi) is 4.43. The first kappa shape index (κ1) is 16.1. The minimum Gasteiger partial charge on any atom is -0.347 e. The number of rotatable bonds is 5. The van der Waals surface area contributed by atoms with E-state index in [0.29, 0.717) is 0 Å². The molecule has 1 aliphatic carbocycles. The summed E-state index contributed by atoms with van der Waals surface area (Å²) in [5.74, 6) is 0.243. The van der Waals surface area contributed by atoms with Gasteiger partial charge in [0.15, 0.2) is 0 Å². The number of nitrogens with zero attached hydrogens (tertiary/aromatic N) is 1. The SMILES string of the molecule is O=C(NCC(=O)N1CCC[C@@H]1Cc1cccc2ccccc12)C1CC1. The van der Waals surface area contributed by atoms with Gasteiger partial charge >= 0.3 is 0 Å². The molecule has 0 unspecified atom stereocenters. The number of likely N-dealkylation sites (tertiary alicyclic amines) is 1. The fourth-order valence-electron chi connectivity index (χ4n) is 3.85. The molecule has 2 aliphatic rings. The summed E-state index contributed by atoms with van der Waals surface area (Å²) in [4.78, 5) is 26.3. The van der Waals surface area contributed by atoms with Gasteiger partial charge in [0, 0.05) is 18.5 Å². The van der Waals surface area contributed by atoms with Gasteiger partial charge in [-0.25, -0.2) is 0 Å². The smallest absolute Gasteiger partial charge is 0.242 e. The highest BCUT2D eigenvalue weighted by molar-refractivity contribution is 5.88. The van der Waals surface area contributed by atoms with Crippen molar-refractivity contribution in [1.29, 1.82) is 0 Å². The zero-order valence-corrected chi connectivity index (χ0v) is 14.4. The summed E-state index contributed by atoms with van der Waals surface area (Å²) in [5, 5.41) is 5.32. The molecule has 130 valence electrons. The first-order chi connectivity index (χ1) is 12.2. The van der Waals surface area contributed by atoms with Crippen molar-refractivity contribution >= 4 is 22.6 Å². The lowest BCUT2D eigenvalue weighted by atomic mass is 9.97. The Morgan fingerprint density at radius 2 is 1.84 bits per heavy atom. The normalized spacial score (nSPS) is 20.0. The Morgan fingerprint density at radius 1 is 1.04 bits per heavy atom. The van der Waals surface area contributed by atoms with Crippen LogP contribution in [0, 0.1) is 5.92 Å². The van der Waals surface area contributed by atoms with Crippen molar-refractivity contribution in [2.45, 2.75) is 38.1 Å². The lowest BCUT2D eigenvalue weighted by Gasteiger charge is -2.25. The van der Waals surface area contributed by atoms with E-state index in [1.54, 1.807) is 0 Å². The highest BCUT2D eigenvalue weighted by Crippen LogP contribution is 2.29. The number of hydrogen-bond acceptors (Lipinski definition) is 2. The van der Waals surface area contributed by atoms with E-state index in [-0.39, 0.29) is 30.3 Å². The Hall–Kier alpha value is -2.36. The average Bonchev–Trinajstić information content (AvgIpc) is 3.39. The second kappa shape index (κ2) is 6.87. The van der Waals surface area contributed by atoms with E-state index in [1.807, 2.05) is 4.90 Å². The number of nitrogens with one attached hydrogen (secondary N) is 1. The van der Waals surface area contributed by atoms with E-state index in [1.165, 1.54) is 16.3 Å². The van der Waals surface area contributed by atoms with Crippen molar-refractivity contribution in [3.63, 3.8) is 0 Å². The molecule has 1 saturated heterocycles. The molecule has 1 heterocycles. The van der Waals surface area contributed by atoms with Crippen molar-refractivity contribution in [2.24, 2.45) is 5.92 Å². The summed E-state index contributed by atoms with van der Waals surface area (Å²) >= 11 is 0. The van der Waals surface area contributed by atoms with Gasteiger partial charge in [-0.1, -0.05) is 42.5 Å². The molecule has 4 rings (SSSR count). The molecule has 4 heteroatoms. The van der Waals surface area contributed by atoms with Gasteiger partial charge in [0.2, 0.25) is 11.8 Å². The van der Waals surface area contributed by atoms with Crippen molar-refractivity contribution < 1.29 is 9.59 Å². The fraction of sp³-hybridized carbons (Fsp3) is 0.429. The van der Waals surface area contributed by atoms with Crippen LogP contribution < -0.4 is 5.32 Å². The van der Waals surface area contributed by atoms with E-state index in [0.717, 1.165) is 38.6 Å². The van der Waals surface area contributed by atoms with Crippen LogP contribution in [0.4, 0.5) is 0 Å². The number of fused-ring (bicyclic) bond motifs is 1. The summed E-state index contributed by atoms with van der Waals surface area (Å²) in [7, 11) is 0. The molecule has 1 saturated carbocycles. The van der Waals surface area contributed by atoms with Crippen LogP contribution in [0.5, 0.6) is 0 Å². The van der Waals surface area contributed by atoms with Crippen LogP contribution in [0.25, 0.3) is 10.8 Å². The summed E-state index contributed by atoms with van der Waals surface area (Å²) in [6, 6.07) is 15.0. The Balaban J connectivity index is 1.43. The van der Waals surface area contributed by atoms with Crippen LogP contribution in [0.3, 0.4) is 0 Å². The molecule has 2 fully saturated rings. The zero-order valence-electron chi connectivity index (χ0n) is 14.4. The molecule has 25 heavy (non-hydrogen) atoms. The number of hydrogen-bond donors (Lipinski definition) is 1. The van der Waals surface area contributed by atoms with E-state index < -0.39 is 0 Å².